The van der Waals surface area contributed by atoms with Gasteiger partial charge in [-0.2, -0.15) is 0 Å². The van der Waals surface area contributed by atoms with Gasteiger partial charge in [0.05, 0.1) is 12.2 Å². The van der Waals surface area contributed by atoms with Gasteiger partial charge in [0.2, 0.25) is 11.8 Å². The Morgan fingerprint density at radius 1 is 1.17 bits per heavy atom. The Kier molecular flexibility index (Phi) is 13.2. The Hall–Kier alpha value is -2.40. The average Bonchev–Trinajstić information content (AvgIpc) is 3.17. The topological polar surface area (TPSA) is 127 Å². The number of piperidine rings is 1. The quantitative estimate of drug-likeness (QED) is 0.262. The lowest BCUT2D eigenvalue weighted by atomic mass is 9.95. The van der Waals surface area contributed by atoms with Crippen LogP contribution in [0.5, 0.6) is 0 Å². The third-order valence-electron chi connectivity index (χ3n) is 5.89. The molecule has 1 fully saturated rings. The number of amides is 2. The highest BCUT2D eigenvalue weighted by atomic mass is 35.5. The number of anilines is 2. The monoisotopic (exact) mass is 557 g/mol. The van der Waals surface area contributed by atoms with Crippen LogP contribution in [0, 0.1) is 11.3 Å². The van der Waals surface area contributed by atoms with Crippen LogP contribution in [0.4, 0.5) is 10.8 Å². The Morgan fingerprint density at radius 3 is 2.36 bits per heavy atom. The summed E-state index contributed by atoms with van der Waals surface area (Å²) >= 11 is 1.54. The molecule has 0 bridgehead atoms. The SMILES string of the molecule is CC(=O)Nc1nc(CCc2ccc(NCC(=N)N)cc2)c(CN2CCC(C(=O)N(C)C)CC2)s1.Cl.Cl. The predicted molar refractivity (Wildman–Crippen MR) is 152 cm³/mol. The number of nitrogens with two attached hydrogens (primary N) is 1. The number of carbonyl (C=O) groups excluding carboxylic acids is 2. The largest absolute Gasteiger partial charge is 0.386 e. The summed E-state index contributed by atoms with van der Waals surface area (Å²) in [7, 11) is 3.64. The fourth-order valence-corrected chi connectivity index (χ4v) is 5.16. The number of nitrogens with one attached hydrogen (secondary N) is 3. The molecule has 2 aromatic rings. The molecule has 0 unspecified atom stereocenters. The van der Waals surface area contributed by atoms with Crippen LogP contribution in [0.1, 0.15) is 35.9 Å². The van der Waals surface area contributed by atoms with E-state index in [1.54, 1.807) is 4.90 Å². The second kappa shape index (κ2) is 15.0. The number of aryl methyl sites for hydroxylation is 2. The molecule has 36 heavy (non-hydrogen) atoms. The number of halogens is 2. The average molecular weight is 559 g/mol. The van der Waals surface area contributed by atoms with Crippen LogP contribution in [0.25, 0.3) is 0 Å². The third-order valence-corrected chi connectivity index (χ3v) is 6.89. The molecule has 200 valence electrons. The lowest BCUT2D eigenvalue weighted by Gasteiger charge is -2.32. The summed E-state index contributed by atoms with van der Waals surface area (Å²) < 4.78 is 0. The summed E-state index contributed by atoms with van der Waals surface area (Å²) in [6.45, 7) is 4.36. The van der Waals surface area contributed by atoms with Crippen molar-refractivity contribution in [3.8, 4) is 0 Å². The Bertz CT molecular complexity index is 1010. The van der Waals surface area contributed by atoms with E-state index in [1.807, 2.05) is 26.2 Å². The number of hydrogen-bond acceptors (Lipinski definition) is 7. The van der Waals surface area contributed by atoms with E-state index < -0.39 is 0 Å². The highest BCUT2D eigenvalue weighted by molar-refractivity contribution is 7.15. The molecule has 5 N–H and O–H groups in total. The van der Waals surface area contributed by atoms with Gasteiger partial charge in [-0.15, -0.1) is 36.2 Å². The van der Waals surface area contributed by atoms with E-state index >= 15 is 0 Å². The maximum Gasteiger partial charge on any atom is 0.225 e. The fourth-order valence-electron chi connectivity index (χ4n) is 4.06. The molecule has 2 amide bonds. The first-order valence-corrected chi connectivity index (χ1v) is 12.4. The van der Waals surface area contributed by atoms with Crippen LogP contribution in [0.15, 0.2) is 24.3 Å². The smallest absolute Gasteiger partial charge is 0.225 e. The molecule has 0 aliphatic carbocycles. The first kappa shape index (κ1) is 31.6. The first-order chi connectivity index (χ1) is 16.2. The van der Waals surface area contributed by atoms with Gasteiger partial charge < -0.3 is 21.3 Å². The van der Waals surface area contributed by atoms with Crippen LogP contribution in [0.3, 0.4) is 0 Å². The standard InChI is InChI=1S/C24H35N7O2S.2ClH/c1-16(32)28-24-29-20(9-6-17-4-7-19(8-5-17)27-14-22(25)26)21(34-24)15-31-12-10-18(11-13-31)23(33)30(2)3;;/h4-5,7-8,18,27H,6,9-15H2,1-3H3,(H3,25,26)(H,28,29,32);2*1H. The van der Waals surface area contributed by atoms with Gasteiger partial charge in [-0.3, -0.25) is 19.9 Å². The van der Waals surface area contributed by atoms with E-state index in [0.29, 0.717) is 11.7 Å². The van der Waals surface area contributed by atoms with E-state index in [4.69, 9.17) is 16.1 Å². The van der Waals surface area contributed by atoms with E-state index in [9.17, 15) is 9.59 Å². The summed E-state index contributed by atoms with van der Waals surface area (Å²) in [5.41, 5.74) is 8.53. The Morgan fingerprint density at radius 2 is 1.81 bits per heavy atom. The molecule has 1 aromatic carbocycles. The van der Waals surface area contributed by atoms with Crippen LogP contribution < -0.4 is 16.4 Å². The van der Waals surface area contributed by atoms with Crippen molar-refractivity contribution in [3.63, 3.8) is 0 Å². The molecule has 0 atom stereocenters. The van der Waals surface area contributed by atoms with Gasteiger partial charge in [0.15, 0.2) is 5.13 Å². The number of aromatic nitrogens is 1. The number of amidine groups is 1. The van der Waals surface area contributed by atoms with Gasteiger partial charge in [-0.1, -0.05) is 12.1 Å². The van der Waals surface area contributed by atoms with Gasteiger partial charge in [0.1, 0.15) is 5.84 Å². The minimum Gasteiger partial charge on any atom is -0.386 e. The minimum atomic E-state index is -0.122. The Balaban J connectivity index is 0.00000324. The summed E-state index contributed by atoms with van der Waals surface area (Å²) in [6.07, 6.45) is 3.35. The van der Waals surface area contributed by atoms with Gasteiger partial charge in [0.25, 0.3) is 0 Å². The molecule has 9 nitrogen and oxygen atoms in total. The van der Waals surface area contributed by atoms with Crippen molar-refractivity contribution in [2.75, 3.05) is 44.4 Å². The molecular formula is C24H37Cl2N7O2S. The molecule has 1 saturated heterocycles. The second-order valence-corrected chi connectivity index (χ2v) is 10.0. The van der Waals surface area contributed by atoms with E-state index in [-0.39, 0.29) is 48.4 Å². The zero-order chi connectivity index (χ0) is 24.7. The van der Waals surface area contributed by atoms with Gasteiger partial charge in [-0.25, -0.2) is 4.98 Å². The highest BCUT2D eigenvalue weighted by Gasteiger charge is 2.27. The summed E-state index contributed by atoms with van der Waals surface area (Å²) in [5.74, 6) is 0.302. The van der Waals surface area contributed by atoms with Crippen LogP contribution in [-0.4, -0.2) is 66.2 Å². The predicted octanol–water partition coefficient (Wildman–Crippen LogP) is 3.38. The normalized spacial score (nSPS) is 13.8. The molecule has 0 radical (unpaired) electrons. The number of likely N-dealkylation sites (tertiary alicyclic amines) is 1. The lowest BCUT2D eigenvalue weighted by Crippen LogP contribution is -2.39. The number of nitrogens with zero attached hydrogens (tertiary/aromatic N) is 3. The van der Waals surface area contributed by atoms with Gasteiger partial charge >= 0.3 is 0 Å². The van der Waals surface area contributed by atoms with Crippen molar-refractivity contribution in [1.82, 2.24) is 14.8 Å². The third kappa shape index (κ3) is 9.57. The summed E-state index contributed by atoms with van der Waals surface area (Å²) in [5, 5.41) is 13.9. The molecule has 0 saturated carbocycles. The molecule has 1 aliphatic heterocycles. The van der Waals surface area contributed by atoms with Crippen LogP contribution in [0.2, 0.25) is 0 Å². The molecular weight excluding hydrogens is 521 g/mol. The van der Waals surface area contributed by atoms with Crippen molar-refractivity contribution in [3.05, 3.63) is 40.4 Å². The molecule has 3 rings (SSSR count). The maximum atomic E-state index is 12.3. The lowest BCUT2D eigenvalue weighted by molar-refractivity contribution is -0.134. The van der Waals surface area contributed by atoms with E-state index in [1.165, 1.54) is 28.7 Å². The number of carbonyl (C=O) groups is 2. The number of thiazole rings is 1. The molecule has 2 heterocycles. The maximum absolute atomic E-state index is 12.3. The fraction of sp³-hybridized carbons (Fsp3) is 0.500. The number of hydrogen-bond donors (Lipinski definition) is 4. The molecule has 12 heteroatoms. The zero-order valence-electron chi connectivity index (χ0n) is 21.0. The van der Waals surface area contributed by atoms with Crippen molar-refractivity contribution in [2.24, 2.45) is 11.7 Å². The zero-order valence-corrected chi connectivity index (χ0v) is 23.5. The van der Waals surface area contributed by atoms with E-state index in [0.717, 1.165) is 56.7 Å². The van der Waals surface area contributed by atoms with Crippen molar-refractivity contribution < 1.29 is 9.59 Å². The van der Waals surface area contributed by atoms with Crippen LogP contribution >= 0.6 is 36.2 Å². The Labute approximate surface area is 229 Å². The van der Waals surface area contributed by atoms with Gasteiger partial charge in [-0.05, 0) is 56.5 Å². The summed E-state index contributed by atoms with van der Waals surface area (Å²) in [4.78, 5) is 33.8. The van der Waals surface area contributed by atoms with Crippen molar-refractivity contribution >= 4 is 64.6 Å². The molecule has 0 spiro atoms. The number of benzene rings is 1. The minimum absolute atomic E-state index is 0. The van der Waals surface area contributed by atoms with E-state index in [2.05, 4.69) is 27.7 Å². The first-order valence-electron chi connectivity index (χ1n) is 11.6. The van der Waals surface area contributed by atoms with Crippen molar-refractivity contribution in [2.45, 2.75) is 39.2 Å². The molecule has 1 aromatic heterocycles. The van der Waals surface area contributed by atoms with Gasteiger partial charge in [0, 0.05) is 44.0 Å². The number of rotatable bonds is 10. The van der Waals surface area contributed by atoms with Crippen LogP contribution in [-0.2, 0) is 29.0 Å². The molecule has 1 aliphatic rings. The second-order valence-electron chi connectivity index (χ2n) is 8.93. The highest BCUT2D eigenvalue weighted by Crippen LogP contribution is 2.28. The van der Waals surface area contributed by atoms with Crippen molar-refractivity contribution in [1.29, 1.82) is 5.41 Å². The summed E-state index contributed by atoms with van der Waals surface area (Å²) in [6, 6.07) is 8.11.